The van der Waals surface area contributed by atoms with E-state index in [2.05, 4.69) is 13.8 Å². The summed E-state index contributed by atoms with van der Waals surface area (Å²) in [5.41, 5.74) is 0. The Kier molecular flexibility index (Phi) is 53.0. The van der Waals surface area contributed by atoms with Crippen molar-refractivity contribution in [3.8, 4) is 0 Å². The Morgan fingerprint density at radius 3 is 1.54 bits per heavy atom. The Labute approximate surface area is 110 Å². The van der Waals surface area contributed by atoms with Crippen LogP contribution in [0.2, 0.25) is 6.82 Å². The maximum atomic E-state index is 8.99. The quantitative estimate of drug-likeness (QED) is 0.563. The fraction of sp³-hybridized carbons (Fsp3) is 0.667. The van der Waals surface area contributed by atoms with Gasteiger partial charge in [-0.25, -0.2) is 0 Å². The Morgan fingerprint density at radius 1 is 1.31 bits per heavy atom. The molecule has 0 unspecified atom stereocenters. The molecule has 0 aromatic rings. The van der Waals surface area contributed by atoms with Crippen LogP contribution >= 0.6 is 0 Å². The molecule has 0 aromatic carbocycles. The van der Waals surface area contributed by atoms with Gasteiger partial charge in [0.2, 0.25) is 0 Å². The first-order valence-corrected chi connectivity index (χ1v) is 4.15. The van der Waals surface area contributed by atoms with Gasteiger partial charge in [-0.3, -0.25) is 6.19 Å². The molecule has 1 radical (unpaired) electrons. The first kappa shape index (κ1) is 23.5. The maximum absolute atomic E-state index is 8.99. The van der Waals surface area contributed by atoms with Crippen LogP contribution in [0.15, 0.2) is 0 Å². The molecule has 0 aliphatic carbocycles. The van der Waals surface area contributed by atoms with E-state index >= 15 is 0 Å². The standard InChI is InChI=1S/C5H11N.C2H3BO.C2H6.Y/c1-4-6(3)5-2;1-3-2-4;1-2;/h1-2,4-5H2,3H3;1H3;1-2H3;/q-2;-1;;+3. The third-order valence-corrected chi connectivity index (χ3v) is 0.881. The van der Waals surface area contributed by atoms with Crippen LogP contribution in [0.1, 0.15) is 13.8 Å². The van der Waals surface area contributed by atoms with E-state index in [4.69, 9.17) is 4.79 Å². The Bertz CT molecular complexity index is 70.6. The average molecular weight is 258 g/mol. The van der Waals surface area contributed by atoms with Crippen molar-refractivity contribution in [3.63, 3.8) is 0 Å². The zero-order valence-electron chi connectivity index (χ0n) is 9.34. The fourth-order valence-corrected chi connectivity index (χ4v) is 0.112. The minimum atomic E-state index is 0. The molecular weight excluding hydrogens is 238 g/mol. The summed E-state index contributed by atoms with van der Waals surface area (Å²) in [6.45, 7) is 14.6. The number of carbonyl (C=O) groups excluding carboxylic acids is 1. The van der Waals surface area contributed by atoms with Crippen LogP contribution in [0.3, 0.4) is 0 Å². The summed E-state index contributed by atoms with van der Waals surface area (Å²) in [5, 5.41) is 0. The van der Waals surface area contributed by atoms with Crippen molar-refractivity contribution in [2.75, 3.05) is 20.1 Å². The van der Waals surface area contributed by atoms with Gasteiger partial charge >= 0.3 is 32.7 Å². The third kappa shape index (κ3) is 44.4. The van der Waals surface area contributed by atoms with Crippen molar-refractivity contribution in [3.05, 3.63) is 13.8 Å². The molecule has 0 saturated carbocycles. The normalized spacial score (nSPS) is 6.69. The molecule has 0 aliphatic rings. The second-order valence-corrected chi connectivity index (χ2v) is 1.71. The Hall–Kier alpha value is 0.799. The summed E-state index contributed by atoms with van der Waals surface area (Å²) in [4.78, 5) is 11.0. The van der Waals surface area contributed by atoms with Crippen LogP contribution in [0.5, 0.6) is 0 Å². The van der Waals surface area contributed by atoms with Gasteiger partial charge in [0.15, 0.2) is 0 Å². The van der Waals surface area contributed by atoms with Crippen LogP contribution in [-0.2, 0) is 37.5 Å². The van der Waals surface area contributed by atoms with Crippen LogP contribution in [0.4, 0.5) is 0 Å². The molecule has 0 fully saturated rings. The Morgan fingerprint density at radius 2 is 1.54 bits per heavy atom. The monoisotopic (exact) mass is 258 g/mol. The zero-order chi connectivity index (χ0) is 10.4. The van der Waals surface area contributed by atoms with E-state index in [0.717, 1.165) is 13.1 Å². The molecule has 4 heteroatoms. The topological polar surface area (TPSA) is 20.3 Å². The van der Waals surface area contributed by atoms with Crippen LogP contribution in [0.25, 0.3) is 0 Å². The van der Waals surface area contributed by atoms with Gasteiger partial charge in [0, 0.05) is 0 Å². The molecule has 0 aromatic heterocycles. The summed E-state index contributed by atoms with van der Waals surface area (Å²) in [5.74, 6) is 0. The second-order valence-electron chi connectivity index (χ2n) is 1.71. The minimum absolute atomic E-state index is 0. The summed E-state index contributed by atoms with van der Waals surface area (Å²) in [6, 6.07) is 0. The molecule has 0 atom stereocenters. The van der Waals surface area contributed by atoms with Gasteiger partial charge < -0.3 is 23.5 Å². The van der Waals surface area contributed by atoms with Gasteiger partial charge in [-0.15, -0.1) is 19.9 Å². The van der Waals surface area contributed by atoms with Gasteiger partial charge in [-0.2, -0.15) is 0 Å². The molecule has 0 saturated heterocycles. The van der Waals surface area contributed by atoms with E-state index in [1.165, 1.54) is 7.28 Å². The van der Waals surface area contributed by atoms with Gasteiger partial charge in [0.05, 0.1) is 0 Å². The van der Waals surface area contributed by atoms with Gasteiger partial charge in [0.1, 0.15) is 0 Å². The first-order valence-electron chi connectivity index (χ1n) is 4.15. The predicted octanol–water partition coefficient (Wildman–Crippen LogP) is 1.42. The molecular formula is C9H20BNOY. The van der Waals surface area contributed by atoms with Crippen LogP contribution < -0.4 is 0 Å². The van der Waals surface area contributed by atoms with E-state index in [-0.39, 0.29) is 32.7 Å². The Balaban J connectivity index is -0.0000000512. The van der Waals surface area contributed by atoms with Gasteiger partial charge in [-0.1, -0.05) is 21.1 Å². The van der Waals surface area contributed by atoms with Crippen molar-refractivity contribution in [2.45, 2.75) is 20.7 Å². The number of hydrogen-bond donors (Lipinski definition) is 0. The molecule has 0 aliphatic heterocycles. The molecule has 73 valence electrons. The number of rotatable bonds is 3. The van der Waals surface area contributed by atoms with Crippen LogP contribution in [0, 0.1) is 13.8 Å². The van der Waals surface area contributed by atoms with Gasteiger partial charge in [0.25, 0.3) is 0 Å². The maximum Gasteiger partial charge on any atom is 3.00 e. The largest absolute Gasteiger partial charge is 3.00 e. The smallest absolute Gasteiger partial charge is 0.549 e. The van der Waals surface area contributed by atoms with Crippen molar-refractivity contribution < 1.29 is 37.5 Å². The van der Waals surface area contributed by atoms with Crippen molar-refractivity contribution in [1.82, 2.24) is 4.90 Å². The van der Waals surface area contributed by atoms with Crippen molar-refractivity contribution >= 4 is 13.5 Å². The molecule has 13 heavy (non-hydrogen) atoms. The van der Waals surface area contributed by atoms with E-state index in [1.807, 2.05) is 25.8 Å². The van der Waals surface area contributed by atoms with E-state index < -0.39 is 0 Å². The third-order valence-electron chi connectivity index (χ3n) is 0.881. The average Bonchev–Trinajstić information content (AvgIpc) is 2.20. The predicted molar refractivity (Wildman–Crippen MR) is 56.9 cm³/mol. The molecule has 0 heterocycles. The molecule has 0 amide bonds. The molecule has 0 spiro atoms. The fourth-order valence-electron chi connectivity index (χ4n) is 0.112. The SMILES string of the molecule is CC.C[B][C-]=O.[CH2-]CN(C)C[CH2-].[Y+3]. The van der Waals surface area contributed by atoms with Crippen LogP contribution in [-0.4, -0.2) is 38.5 Å². The van der Waals surface area contributed by atoms with E-state index in [9.17, 15) is 0 Å². The summed E-state index contributed by atoms with van der Waals surface area (Å²) in [7, 11) is 3.31. The zero-order valence-corrected chi connectivity index (χ0v) is 12.2. The first-order chi connectivity index (χ1) is 5.72. The molecule has 0 N–H and O–H groups in total. The number of nitrogens with zero attached hydrogens (tertiary/aromatic N) is 1. The van der Waals surface area contributed by atoms with Crippen molar-refractivity contribution in [1.29, 1.82) is 0 Å². The van der Waals surface area contributed by atoms with Crippen molar-refractivity contribution in [2.24, 2.45) is 0 Å². The summed E-state index contributed by atoms with van der Waals surface area (Å²) >= 11 is 0. The van der Waals surface area contributed by atoms with E-state index in [0.29, 0.717) is 0 Å². The summed E-state index contributed by atoms with van der Waals surface area (Å²) < 4.78 is 0. The minimum Gasteiger partial charge on any atom is -0.549 e. The number of hydrogen-bond acceptors (Lipinski definition) is 2. The molecule has 0 bridgehead atoms. The van der Waals surface area contributed by atoms with E-state index in [1.54, 1.807) is 13.0 Å². The molecule has 0 rings (SSSR count). The summed E-state index contributed by atoms with van der Waals surface area (Å²) in [6.07, 6.45) is 1.56. The molecule has 2 nitrogen and oxygen atoms in total. The van der Waals surface area contributed by atoms with Gasteiger partial charge in [-0.05, 0) is 7.05 Å². The second kappa shape index (κ2) is 29.3.